The number of nitrogens with zero attached hydrogens (tertiary/aromatic N) is 4. The van der Waals surface area contributed by atoms with Crippen LogP contribution in [-0.2, 0) is 17.1 Å². The maximum Gasteiger partial charge on any atom is 0.296 e. The molecule has 0 unspecified atom stereocenters. The smallest absolute Gasteiger partial charge is 0.296 e. The molecule has 0 aliphatic rings. The first-order valence-corrected chi connectivity index (χ1v) is 12.3. The number of aromatic nitrogens is 2. The molecule has 176 valence electrons. The normalized spacial score (nSPS) is 11.5. The van der Waals surface area contributed by atoms with Crippen LogP contribution in [-0.4, -0.2) is 48.7 Å². The van der Waals surface area contributed by atoms with E-state index in [0.29, 0.717) is 24.5 Å². The van der Waals surface area contributed by atoms with E-state index in [-0.39, 0.29) is 27.1 Å². The first-order valence-electron chi connectivity index (χ1n) is 10.5. The molecule has 33 heavy (non-hydrogen) atoms. The Morgan fingerprint density at radius 2 is 1.67 bits per heavy atom. The van der Waals surface area contributed by atoms with Gasteiger partial charge >= 0.3 is 0 Å². The molecule has 0 spiro atoms. The number of para-hydroxylation sites is 1. The van der Waals surface area contributed by atoms with Gasteiger partial charge in [0.2, 0.25) is 0 Å². The third kappa shape index (κ3) is 4.30. The van der Waals surface area contributed by atoms with Crippen LogP contribution in [0.4, 0.5) is 5.69 Å². The summed E-state index contributed by atoms with van der Waals surface area (Å²) in [6.07, 6.45) is 0. The Morgan fingerprint density at radius 3 is 2.24 bits per heavy atom. The molecule has 1 amide bonds. The van der Waals surface area contributed by atoms with Gasteiger partial charge in [-0.05, 0) is 51.1 Å². The van der Waals surface area contributed by atoms with Gasteiger partial charge < -0.3 is 4.90 Å². The molecule has 8 nitrogen and oxygen atoms in total. The van der Waals surface area contributed by atoms with E-state index in [9.17, 15) is 18.0 Å². The third-order valence-electron chi connectivity index (χ3n) is 5.71. The fourth-order valence-electron chi connectivity index (χ4n) is 3.71. The minimum absolute atomic E-state index is 0.00195. The third-order valence-corrected chi connectivity index (χ3v) is 7.94. The van der Waals surface area contributed by atoms with Crippen molar-refractivity contribution in [2.45, 2.75) is 25.7 Å². The van der Waals surface area contributed by atoms with Gasteiger partial charge in [-0.3, -0.25) is 18.6 Å². The van der Waals surface area contributed by atoms with Crippen molar-refractivity contribution in [1.82, 2.24) is 14.3 Å². The maximum atomic E-state index is 13.6. The van der Waals surface area contributed by atoms with Crippen LogP contribution in [0.25, 0.3) is 5.69 Å². The van der Waals surface area contributed by atoms with Gasteiger partial charge in [-0.1, -0.05) is 29.8 Å². The number of amides is 1. The molecule has 0 aliphatic carbocycles. The van der Waals surface area contributed by atoms with E-state index in [1.165, 1.54) is 29.9 Å². The number of carbonyl (C=O) groups is 1. The molecule has 0 saturated heterocycles. The number of benzene rings is 2. The van der Waals surface area contributed by atoms with E-state index < -0.39 is 15.6 Å². The highest BCUT2D eigenvalue weighted by Crippen LogP contribution is 2.29. The Kier molecular flexibility index (Phi) is 7.04. The van der Waals surface area contributed by atoms with Crippen LogP contribution < -0.4 is 9.86 Å². The largest absolute Gasteiger partial charge is 0.339 e. The maximum absolute atomic E-state index is 13.6. The van der Waals surface area contributed by atoms with Gasteiger partial charge in [0.15, 0.2) is 0 Å². The molecular formula is C23H27ClN4O4S. The Labute approximate surface area is 198 Å². The molecule has 0 fully saturated rings. The predicted molar refractivity (Wildman–Crippen MR) is 130 cm³/mol. The van der Waals surface area contributed by atoms with Crippen molar-refractivity contribution in [3.63, 3.8) is 0 Å². The molecule has 0 atom stereocenters. The second kappa shape index (κ2) is 9.44. The van der Waals surface area contributed by atoms with Gasteiger partial charge in [-0.2, -0.15) is 0 Å². The van der Waals surface area contributed by atoms with E-state index in [4.69, 9.17) is 11.6 Å². The van der Waals surface area contributed by atoms with Crippen molar-refractivity contribution < 1.29 is 13.2 Å². The van der Waals surface area contributed by atoms with Crippen LogP contribution in [0.2, 0.25) is 5.02 Å². The molecule has 10 heteroatoms. The lowest BCUT2D eigenvalue weighted by Gasteiger charge is -2.21. The zero-order valence-corrected chi connectivity index (χ0v) is 20.8. The number of hydrogen-bond acceptors (Lipinski definition) is 4. The summed E-state index contributed by atoms with van der Waals surface area (Å²) in [6.45, 7) is 6.34. The van der Waals surface area contributed by atoms with Crippen LogP contribution >= 0.6 is 11.6 Å². The van der Waals surface area contributed by atoms with Crippen LogP contribution in [0.1, 0.15) is 29.9 Å². The summed E-state index contributed by atoms with van der Waals surface area (Å²) >= 11 is 6.26. The summed E-state index contributed by atoms with van der Waals surface area (Å²) in [7, 11) is -1.25. The van der Waals surface area contributed by atoms with Gasteiger partial charge in [-0.25, -0.2) is 13.1 Å². The minimum Gasteiger partial charge on any atom is -0.339 e. The lowest BCUT2D eigenvalue weighted by Crippen LogP contribution is -2.33. The molecule has 0 saturated carbocycles. The summed E-state index contributed by atoms with van der Waals surface area (Å²) in [6, 6.07) is 13.1. The van der Waals surface area contributed by atoms with Crippen molar-refractivity contribution >= 4 is 33.2 Å². The molecular weight excluding hydrogens is 464 g/mol. The van der Waals surface area contributed by atoms with Crippen LogP contribution in [0.3, 0.4) is 0 Å². The summed E-state index contributed by atoms with van der Waals surface area (Å²) in [5.41, 5.74) is 0.787. The van der Waals surface area contributed by atoms with Gasteiger partial charge in [0.05, 0.1) is 16.4 Å². The fourth-order valence-corrected chi connectivity index (χ4v) is 5.46. The molecule has 1 heterocycles. The van der Waals surface area contributed by atoms with Crippen molar-refractivity contribution in [2.75, 3.05) is 24.4 Å². The number of anilines is 1. The van der Waals surface area contributed by atoms with Gasteiger partial charge in [0.25, 0.3) is 21.5 Å². The quantitative estimate of drug-likeness (QED) is 0.507. The van der Waals surface area contributed by atoms with Crippen molar-refractivity contribution in [2.24, 2.45) is 7.05 Å². The number of carbonyl (C=O) groups excluding carboxylic acids is 1. The molecule has 0 aliphatic heterocycles. The first-order chi connectivity index (χ1) is 15.6. The Bertz CT molecular complexity index is 1340. The fraction of sp³-hybridized carbons (Fsp3) is 0.304. The monoisotopic (exact) mass is 490 g/mol. The molecule has 1 aromatic heterocycles. The second-order valence-corrected chi connectivity index (χ2v) is 9.85. The van der Waals surface area contributed by atoms with E-state index in [1.54, 1.807) is 47.8 Å². The zero-order valence-electron chi connectivity index (χ0n) is 19.2. The Morgan fingerprint density at radius 1 is 1.06 bits per heavy atom. The molecule has 3 aromatic rings. The highest BCUT2D eigenvalue weighted by atomic mass is 35.5. The second-order valence-electron chi connectivity index (χ2n) is 7.51. The molecule has 2 aromatic carbocycles. The SMILES string of the molecule is CCN(CC)C(=O)c1ccc(Cl)c(S(=O)(=O)N(C)c2c(C)n(C)n(-c3ccccc3)c2=O)c1. The van der Waals surface area contributed by atoms with Crippen molar-refractivity contribution in [3.8, 4) is 5.69 Å². The topological polar surface area (TPSA) is 84.6 Å². The highest BCUT2D eigenvalue weighted by molar-refractivity contribution is 7.93. The van der Waals surface area contributed by atoms with Gasteiger partial charge in [-0.15, -0.1) is 0 Å². The Balaban J connectivity index is 2.13. The standard InChI is InChI=1S/C23H27ClN4O4S/c1-6-27(7-2)22(29)17-13-14-19(24)20(15-17)33(31,32)26(5)21-16(3)25(4)28(23(21)30)18-11-9-8-10-12-18/h8-15H,6-7H2,1-5H3. The average molecular weight is 491 g/mol. The van der Waals surface area contributed by atoms with Gasteiger partial charge in [0.1, 0.15) is 10.6 Å². The van der Waals surface area contributed by atoms with E-state index in [2.05, 4.69) is 0 Å². The minimum atomic E-state index is -4.24. The zero-order chi connectivity index (χ0) is 24.5. The molecule has 3 rings (SSSR count). The van der Waals surface area contributed by atoms with Crippen LogP contribution in [0, 0.1) is 6.92 Å². The summed E-state index contributed by atoms with van der Waals surface area (Å²) in [5, 5.41) is -0.0325. The van der Waals surface area contributed by atoms with Crippen molar-refractivity contribution in [3.05, 3.63) is 75.2 Å². The summed E-state index contributed by atoms with van der Waals surface area (Å²) < 4.78 is 31.0. The first kappa shape index (κ1) is 24.6. The number of halogens is 1. The van der Waals surface area contributed by atoms with E-state index >= 15 is 0 Å². The van der Waals surface area contributed by atoms with Gasteiger partial charge in [0, 0.05) is 32.7 Å². The lowest BCUT2D eigenvalue weighted by atomic mass is 10.2. The predicted octanol–water partition coefficient (Wildman–Crippen LogP) is 3.44. The molecule has 0 N–H and O–H groups in total. The van der Waals surface area contributed by atoms with Crippen molar-refractivity contribution in [1.29, 1.82) is 0 Å². The van der Waals surface area contributed by atoms with Crippen LogP contribution in [0.15, 0.2) is 58.2 Å². The number of rotatable bonds is 7. The number of hydrogen-bond donors (Lipinski definition) is 0. The summed E-state index contributed by atoms with van der Waals surface area (Å²) in [4.78, 5) is 27.4. The molecule has 0 radical (unpaired) electrons. The lowest BCUT2D eigenvalue weighted by molar-refractivity contribution is 0.0772. The van der Waals surface area contributed by atoms with E-state index in [0.717, 1.165) is 4.31 Å². The Hall–Kier alpha value is -3.04. The van der Waals surface area contributed by atoms with Crippen LogP contribution in [0.5, 0.6) is 0 Å². The highest BCUT2D eigenvalue weighted by Gasteiger charge is 2.31. The summed E-state index contributed by atoms with van der Waals surface area (Å²) in [5.74, 6) is -0.293. The van der Waals surface area contributed by atoms with E-state index in [1.807, 2.05) is 19.9 Å². The average Bonchev–Trinajstić information content (AvgIpc) is 3.02. The number of sulfonamides is 1. The molecule has 0 bridgehead atoms.